The molecule has 2 atom stereocenters. The van der Waals surface area contributed by atoms with E-state index in [2.05, 4.69) is 0 Å². The molecule has 2 unspecified atom stereocenters. The van der Waals surface area contributed by atoms with E-state index in [1.807, 2.05) is 48.5 Å². The molecular formula is C14H32O5Si. The average Bonchev–Trinajstić information content (AvgIpc) is 2.39. The first-order valence-corrected chi connectivity index (χ1v) is 9.47. The second-order valence-corrected chi connectivity index (χ2v) is 7.39. The van der Waals surface area contributed by atoms with Gasteiger partial charge in [-0.05, 0) is 48.0 Å². The topological polar surface area (TPSA) is 46.2 Å². The zero-order valence-corrected chi connectivity index (χ0v) is 15.2. The van der Waals surface area contributed by atoms with Gasteiger partial charge in [0.25, 0.3) is 0 Å². The third kappa shape index (κ3) is 5.79. The molecule has 0 rings (SSSR count). The van der Waals surface area contributed by atoms with E-state index in [0.717, 1.165) is 0 Å². The van der Waals surface area contributed by atoms with Gasteiger partial charge < -0.3 is 22.8 Å². The van der Waals surface area contributed by atoms with Crippen molar-refractivity contribution in [2.75, 3.05) is 26.4 Å². The zero-order chi connectivity index (χ0) is 15.6. The molecular weight excluding hydrogens is 276 g/mol. The molecule has 0 heterocycles. The van der Waals surface area contributed by atoms with Gasteiger partial charge in [-0.3, -0.25) is 0 Å². The number of ether oxygens (including phenoxy) is 2. The molecule has 0 spiro atoms. The van der Waals surface area contributed by atoms with Gasteiger partial charge in [-0.2, -0.15) is 0 Å². The molecule has 0 saturated carbocycles. The molecule has 122 valence electrons. The quantitative estimate of drug-likeness (QED) is 0.409. The van der Waals surface area contributed by atoms with Gasteiger partial charge >= 0.3 is 8.80 Å². The maximum atomic E-state index is 6.26. The Morgan fingerprint density at radius 2 is 1.45 bits per heavy atom. The molecule has 0 aliphatic rings. The van der Waals surface area contributed by atoms with Crippen LogP contribution in [0, 0.1) is 0 Å². The van der Waals surface area contributed by atoms with Crippen LogP contribution in [0.25, 0.3) is 0 Å². The summed E-state index contributed by atoms with van der Waals surface area (Å²) in [6.07, 6.45) is 0.717. The van der Waals surface area contributed by atoms with Crippen LogP contribution in [0.15, 0.2) is 0 Å². The van der Waals surface area contributed by atoms with Crippen LogP contribution in [0.3, 0.4) is 0 Å². The number of rotatable bonds is 12. The van der Waals surface area contributed by atoms with E-state index in [4.69, 9.17) is 22.8 Å². The van der Waals surface area contributed by atoms with Gasteiger partial charge in [0.1, 0.15) is 5.73 Å². The minimum absolute atomic E-state index is 0.223. The van der Waals surface area contributed by atoms with Crippen LogP contribution in [0.1, 0.15) is 54.9 Å². The summed E-state index contributed by atoms with van der Waals surface area (Å²) in [7, 11) is -2.96. The first kappa shape index (κ1) is 20.0. The molecule has 5 nitrogen and oxygen atoms in total. The van der Waals surface area contributed by atoms with Crippen LogP contribution in [0.2, 0.25) is 0 Å². The van der Waals surface area contributed by atoms with Crippen molar-refractivity contribution in [2.45, 2.75) is 66.4 Å². The Balaban J connectivity index is 5.24. The van der Waals surface area contributed by atoms with Gasteiger partial charge in [0.15, 0.2) is 5.79 Å². The van der Waals surface area contributed by atoms with Gasteiger partial charge in [-0.1, -0.05) is 6.92 Å². The SMILES string of the molecule is CCOC(C)[Si](OCC)(OCC)OC(C)(CC)OCC. The minimum Gasteiger partial charge on any atom is -0.374 e. The molecule has 0 fully saturated rings. The Kier molecular flexibility index (Phi) is 9.87. The summed E-state index contributed by atoms with van der Waals surface area (Å²) in [6, 6.07) is 0. The summed E-state index contributed by atoms with van der Waals surface area (Å²) in [5.41, 5.74) is -0.223. The Bertz CT molecular complexity index is 246. The van der Waals surface area contributed by atoms with Crippen LogP contribution in [-0.2, 0) is 22.8 Å². The fourth-order valence-electron chi connectivity index (χ4n) is 1.98. The fraction of sp³-hybridized carbons (Fsp3) is 1.00. The van der Waals surface area contributed by atoms with E-state index in [1.54, 1.807) is 0 Å². The van der Waals surface area contributed by atoms with Crippen molar-refractivity contribution in [3.05, 3.63) is 0 Å². The largest absolute Gasteiger partial charge is 0.533 e. The molecule has 6 heteroatoms. The van der Waals surface area contributed by atoms with Crippen molar-refractivity contribution < 1.29 is 22.8 Å². The van der Waals surface area contributed by atoms with E-state index in [9.17, 15) is 0 Å². The van der Waals surface area contributed by atoms with Gasteiger partial charge in [-0.25, -0.2) is 0 Å². The highest BCUT2D eigenvalue weighted by Gasteiger charge is 2.52. The molecule has 0 bridgehead atoms. The van der Waals surface area contributed by atoms with Crippen LogP contribution >= 0.6 is 0 Å². The lowest BCUT2D eigenvalue weighted by atomic mass is 10.2. The minimum atomic E-state index is -2.96. The highest BCUT2D eigenvalue weighted by atomic mass is 28.4. The number of hydrogen-bond acceptors (Lipinski definition) is 5. The van der Waals surface area contributed by atoms with Crippen molar-refractivity contribution in [2.24, 2.45) is 0 Å². The second kappa shape index (κ2) is 9.86. The van der Waals surface area contributed by atoms with Gasteiger partial charge in [0.05, 0.1) is 0 Å². The third-order valence-electron chi connectivity index (χ3n) is 3.06. The highest BCUT2D eigenvalue weighted by molar-refractivity contribution is 6.62. The van der Waals surface area contributed by atoms with E-state index >= 15 is 0 Å². The normalized spacial score (nSPS) is 16.9. The molecule has 0 aromatic rings. The molecule has 0 aliphatic heterocycles. The first-order chi connectivity index (χ1) is 9.43. The molecule has 0 amide bonds. The van der Waals surface area contributed by atoms with Gasteiger partial charge in [-0.15, -0.1) is 0 Å². The van der Waals surface area contributed by atoms with Crippen LogP contribution in [0.5, 0.6) is 0 Å². The molecule has 0 saturated heterocycles. The second-order valence-electron chi connectivity index (χ2n) is 4.59. The van der Waals surface area contributed by atoms with Crippen LogP contribution in [0.4, 0.5) is 0 Å². The predicted octanol–water partition coefficient (Wildman–Crippen LogP) is 3.14. The van der Waals surface area contributed by atoms with Crippen LogP contribution < -0.4 is 0 Å². The Morgan fingerprint density at radius 1 is 0.900 bits per heavy atom. The molecule has 0 aromatic carbocycles. The highest BCUT2D eigenvalue weighted by Crippen LogP contribution is 2.28. The van der Waals surface area contributed by atoms with Crippen molar-refractivity contribution in [3.63, 3.8) is 0 Å². The first-order valence-electron chi connectivity index (χ1n) is 7.67. The summed E-state index contributed by atoms with van der Waals surface area (Å²) in [6.45, 7) is 15.9. The van der Waals surface area contributed by atoms with Gasteiger partial charge in [0, 0.05) is 26.4 Å². The summed E-state index contributed by atoms with van der Waals surface area (Å²) in [5.74, 6) is -0.712. The Morgan fingerprint density at radius 3 is 1.80 bits per heavy atom. The Hall–Kier alpha value is 0.0169. The zero-order valence-electron chi connectivity index (χ0n) is 14.2. The summed E-state index contributed by atoms with van der Waals surface area (Å²) < 4.78 is 29.6. The lowest BCUT2D eigenvalue weighted by molar-refractivity contribution is -0.205. The van der Waals surface area contributed by atoms with Crippen molar-refractivity contribution in [1.29, 1.82) is 0 Å². The maximum Gasteiger partial charge on any atom is 0.533 e. The summed E-state index contributed by atoms with van der Waals surface area (Å²) in [4.78, 5) is 0. The molecule has 0 aliphatic carbocycles. The van der Waals surface area contributed by atoms with Gasteiger partial charge in [0.2, 0.25) is 0 Å². The third-order valence-corrected chi connectivity index (χ3v) is 6.32. The van der Waals surface area contributed by atoms with E-state index in [0.29, 0.717) is 32.8 Å². The lowest BCUT2D eigenvalue weighted by Crippen LogP contribution is -2.61. The van der Waals surface area contributed by atoms with E-state index in [-0.39, 0.29) is 5.73 Å². The van der Waals surface area contributed by atoms with E-state index < -0.39 is 14.6 Å². The molecule has 20 heavy (non-hydrogen) atoms. The van der Waals surface area contributed by atoms with E-state index in [1.165, 1.54) is 0 Å². The molecule has 0 radical (unpaired) electrons. The monoisotopic (exact) mass is 308 g/mol. The summed E-state index contributed by atoms with van der Waals surface area (Å²) in [5, 5.41) is 0. The molecule has 0 aromatic heterocycles. The fourth-order valence-corrected chi connectivity index (χ4v) is 4.80. The van der Waals surface area contributed by atoms with Crippen molar-refractivity contribution >= 4 is 8.80 Å². The predicted molar refractivity (Wildman–Crippen MR) is 81.5 cm³/mol. The Labute approximate surface area is 125 Å². The average molecular weight is 308 g/mol. The smallest absolute Gasteiger partial charge is 0.374 e. The summed E-state index contributed by atoms with van der Waals surface area (Å²) >= 11 is 0. The lowest BCUT2D eigenvalue weighted by Gasteiger charge is -2.40. The van der Waals surface area contributed by atoms with Crippen LogP contribution in [-0.4, -0.2) is 46.7 Å². The van der Waals surface area contributed by atoms with Crippen molar-refractivity contribution in [1.82, 2.24) is 0 Å². The van der Waals surface area contributed by atoms with Crippen molar-refractivity contribution in [3.8, 4) is 0 Å². The maximum absolute atomic E-state index is 6.26. The number of hydrogen-bond donors (Lipinski definition) is 0. The molecule has 0 N–H and O–H groups in total. The standard InChI is InChI=1S/C14H32O5Si/c1-8-14(7,16-10-3)19-20(17-11-4,18-12-5)13(6)15-9-2/h13H,8-12H2,1-7H3.